The lowest BCUT2D eigenvalue weighted by atomic mass is 10.2. The second-order valence-electron chi connectivity index (χ2n) is 6.13. The summed E-state index contributed by atoms with van der Waals surface area (Å²) in [5.74, 6) is 0.535. The number of carbonyl (C=O) groups excluding carboxylic acids is 1. The van der Waals surface area contributed by atoms with Gasteiger partial charge >= 0.3 is 0 Å². The number of rotatable bonds is 7. The van der Waals surface area contributed by atoms with Gasteiger partial charge in [0, 0.05) is 45.2 Å². The van der Waals surface area contributed by atoms with Crippen LogP contribution in [0.15, 0.2) is 36.9 Å². The Bertz CT molecular complexity index is 689. The maximum Gasteiger partial charge on any atom is 0.270 e. The van der Waals surface area contributed by atoms with Gasteiger partial charge in [-0.2, -0.15) is 0 Å². The number of aromatic nitrogens is 3. The van der Waals surface area contributed by atoms with Crippen LogP contribution >= 0.6 is 0 Å². The lowest BCUT2D eigenvalue weighted by Gasteiger charge is -2.18. The summed E-state index contributed by atoms with van der Waals surface area (Å²) in [4.78, 5) is 26.7. The molecule has 1 fully saturated rings. The zero-order valence-electron chi connectivity index (χ0n) is 14.4. The summed E-state index contributed by atoms with van der Waals surface area (Å²) in [5.41, 5.74) is 1.59. The van der Waals surface area contributed by atoms with Crippen molar-refractivity contribution in [1.82, 2.24) is 20.3 Å². The fraction of sp³-hybridized carbons (Fsp3) is 0.444. The molecule has 0 radical (unpaired) electrons. The lowest BCUT2D eigenvalue weighted by molar-refractivity contribution is 0.0853. The van der Waals surface area contributed by atoms with Gasteiger partial charge in [-0.05, 0) is 37.0 Å². The minimum Gasteiger partial charge on any atom is -0.376 e. The van der Waals surface area contributed by atoms with Crippen LogP contribution in [0.1, 0.15) is 28.9 Å². The number of nitrogens with one attached hydrogen (secondary N) is 1. The normalized spacial score (nSPS) is 16.6. The molecule has 1 unspecified atom stereocenters. The van der Waals surface area contributed by atoms with Crippen molar-refractivity contribution in [3.8, 4) is 0 Å². The minimum absolute atomic E-state index is 0.119. The Hall–Kier alpha value is -2.54. The van der Waals surface area contributed by atoms with Gasteiger partial charge in [0.1, 0.15) is 17.8 Å². The van der Waals surface area contributed by atoms with Crippen LogP contribution in [0.2, 0.25) is 0 Å². The van der Waals surface area contributed by atoms with Crippen LogP contribution in [0.4, 0.5) is 5.82 Å². The molecule has 0 aromatic carbocycles. The van der Waals surface area contributed by atoms with Gasteiger partial charge in [-0.25, -0.2) is 9.97 Å². The second kappa shape index (κ2) is 8.53. The van der Waals surface area contributed by atoms with Crippen molar-refractivity contribution in [3.05, 3.63) is 48.2 Å². The van der Waals surface area contributed by atoms with Crippen molar-refractivity contribution in [2.45, 2.75) is 25.4 Å². The fourth-order valence-electron chi connectivity index (χ4n) is 2.74. The van der Waals surface area contributed by atoms with E-state index in [1.165, 1.54) is 11.9 Å². The summed E-state index contributed by atoms with van der Waals surface area (Å²) >= 11 is 0. The van der Waals surface area contributed by atoms with Crippen molar-refractivity contribution in [1.29, 1.82) is 0 Å². The van der Waals surface area contributed by atoms with Gasteiger partial charge in [0.05, 0.1) is 6.10 Å². The van der Waals surface area contributed by atoms with Crippen LogP contribution in [-0.2, 0) is 11.2 Å². The Morgan fingerprint density at radius 3 is 2.96 bits per heavy atom. The van der Waals surface area contributed by atoms with Gasteiger partial charge in [0.2, 0.25) is 0 Å². The Morgan fingerprint density at radius 2 is 2.20 bits per heavy atom. The molecule has 1 aliphatic rings. The van der Waals surface area contributed by atoms with Crippen molar-refractivity contribution in [2.24, 2.45) is 0 Å². The first kappa shape index (κ1) is 17.3. The number of hydrogen-bond acceptors (Lipinski definition) is 6. The molecule has 1 amide bonds. The molecule has 2 aromatic rings. The lowest BCUT2D eigenvalue weighted by Crippen LogP contribution is -2.32. The van der Waals surface area contributed by atoms with Gasteiger partial charge in [0.25, 0.3) is 5.91 Å². The third kappa shape index (κ3) is 4.96. The number of hydrogen-bond donors (Lipinski definition) is 1. The highest BCUT2D eigenvalue weighted by Crippen LogP contribution is 2.12. The van der Waals surface area contributed by atoms with Gasteiger partial charge in [-0.15, -0.1) is 0 Å². The van der Waals surface area contributed by atoms with Gasteiger partial charge in [-0.1, -0.05) is 0 Å². The molecular weight excluding hydrogens is 318 g/mol. The third-order valence-corrected chi connectivity index (χ3v) is 4.28. The van der Waals surface area contributed by atoms with Crippen LogP contribution in [0.3, 0.4) is 0 Å². The standard InChI is InChI=1S/C18H23N5O2/c1-23(9-6-14-4-7-19-8-5-14)17-11-16(21-13-22-17)18(24)20-12-15-3-2-10-25-15/h4-5,7-8,11,13,15H,2-3,6,9-10,12H2,1H3,(H,20,24). The van der Waals surface area contributed by atoms with E-state index in [0.29, 0.717) is 12.2 Å². The summed E-state index contributed by atoms with van der Waals surface area (Å²) in [6.45, 7) is 2.09. The number of pyridine rings is 1. The topological polar surface area (TPSA) is 80.2 Å². The van der Waals surface area contributed by atoms with Gasteiger partial charge in [0.15, 0.2) is 0 Å². The molecule has 0 spiro atoms. The second-order valence-corrected chi connectivity index (χ2v) is 6.13. The average molecular weight is 341 g/mol. The first-order chi connectivity index (χ1) is 12.2. The van der Waals surface area contributed by atoms with E-state index in [2.05, 4.69) is 20.3 Å². The molecule has 132 valence electrons. The number of anilines is 1. The highest BCUT2D eigenvalue weighted by atomic mass is 16.5. The molecule has 1 atom stereocenters. The molecular formula is C18H23N5O2. The van der Waals surface area contributed by atoms with E-state index in [0.717, 1.165) is 38.2 Å². The third-order valence-electron chi connectivity index (χ3n) is 4.28. The molecule has 7 nitrogen and oxygen atoms in total. The molecule has 1 saturated heterocycles. The smallest absolute Gasteiger partial charge is 0.270 e. The first-order valence-corrected chi connectivity index (χ1v) is 8.54. The quantitative estimate of drug-likeness (QED) is 0.821. The Labute approximate surface area is 147 Å². The maximum atomic E-state index is 12.3. The summed E-state index contributed by atoms with van der Waals surface area (Å²) in [5, 5.41) is 2.89. The number of nitrogens with zero attached hydrogens (tertiary/aromatic N) is 4. The van der Waals surface area contributed by atoms with E-state index in [9.17, 15) is 4.79 Å². The number of amides is 1. The average Bonchev–Trinajstić information content (AvgIpc) is 3.18. The largest absolute Gasteiger partial charge is 0.376 e. The zero-order chi connectivity index (χ0) is 17.5. The summed E-state index contributed by atoms with van der Waals surface area (Å²) in [6, 6.07) is 5.72. The predicted octanol–water partition coefficient (Wildman–Crippen LogP) is 1.46. The Morgan fingerprint density at radius 1 is 1.36 bits per heavy atom. The van der Waals surface area contributed by atoms with Crippen molar-refractivity contribution >= 4 is 11.7 Å². The highest BCUT2D eigenvalue weighted by molar-refractivity contribution is 5.92. The van der Waals surface area contributed by atoms with E-state index in [-0.39, 0.29) is 12.0 Å². The van der Waals surface area contributed by atoms with E-state index < -0.39 is 0 Å². The van der Waals surface area contributed by atoms with Crippen LogP contribution in [0.5, 0.6) is 0 Å². The van der Waals surface area contributed by atoms with E-state index in [4.69, 9.17) is 4.74 Å². The molecule has 1 aliphatic heterocycles. The molecule has 0 saturated carbocycles. The van der Waals surface area contributed by atoms with Crippen molar-refractivity contribution in [3.63, 3.8) is 0 Å². The molecule has 2 aromatic heterocycles. The van der Waals surface area contributed by atoms with Crippen LogP contribution in [-0.4, -0.2) is 53.7 Å². The predicted molar refractivity (Wildman–Crippen MR) is 94.6 cm³/mol. The highest BCUT2D eigenvalue weighted by Gasteiger charge is 2.17. The van der Waals surface area contributed by atoms with E-state index in [1.807, 2.05) is 24.1 Å². The zero-order valence-corrected chi connectivity index (χ0v) is 14.4. The van der Waals surface area contributed by atoms with E-state index >= 15 is 0 Å². The molecule has 1 N–H and O–H groups in total. The van der Waals surface area contributed by atoms with Crippen molar-refractivity contribution < 1.29 is 9.53 Å². The first-order valence-electron chi connectivity index (χ1n) is 8.54. The number of ether oxygens (including phenoxy) is 1. The van der Waals surface area contributed by atoms with Crippen molar-refractivity contribution in [2.75, 3.05) is 31.6 Å². The summed E-state index contributed by atoms with van der Waals surface area (Å²) in [6.07, 6.45) is 8.05. The van der Waals surface area contributed by atoms with Crippen LogP contribution < -0.4 is 10.2 Å². The van der Waals surface area contributed by atoms with Gasteiger partial charge < -0.3 is 15.0 Å². The monoisotopic (exact) mass is 341 g/mol. The Balaban J connectivity index is 1.55. The summed E-state index contributed by atoms with van der Waals surface area (Å²) < 4.78 is 5.52. The van der Waals surface area contributed by atoms with Crippen LogP contribution in [0.25, 0.3) is 0 Å². The van der Waals surface area contributed by atoms with E-state index in [1.54, 1.807) is 18.5 Å². The maximum absolute atomic E-state index is 12.3. The molecule has 25 heavy (non-hydrogen) atoms. The fourth-order valence-corrected chi connectivity index (χ4v) is 2.74. The number of carbonyl (C=O) groups is 1. The molecule has 3 heterocycles. The Kier molecular flexibility index (Phi) is 5.90. The molecule has 3 rings (SSSR count). The van der Waals surface area contributed by atoms with Gasteiger partial charge in [-0.3, -0.25) is 9.78 Å². The SMILES string of the molecule is CN(CCc1ccncc1)c1cc(C(=O)NCC2CCCO2)ncn1. The minimum atomic E-state index is -0.193. The molecule has 0 bridgehead atoms. The molecule has 0 aliphatic carbocycles. The number of likely N-dealkylation sites (N-methyl/N-ethyl adjacent to an activating group) is 1. The summed E-state index contributed by atoms with van der Waals surface area (Å²) in [7, 11) is 1.96. The van der Waals surface area contributed by atoms with Crippen LogP contribution in [0, 0.1) is 0 Å². The molecule has 7 heteroatoms.